The number of benzene rings is 1. The molecule has 0 unspecified atom stereocenters. The number of carbonyl (C=O) groups excluding carboxylic acids is 2. The first-order valence-corrected chi connectivity index (χ1v) is 10.2. The topological polar surface area (TPSA) is 80.8 Å². The van der Waals surface area contributed by atoms with Crippen molar-refractivity contribution < 1.29 is 58.7 Å². The molecule has 16 heteroatoms. The van der Waals surface area contributed by atoms with E-state index in [0.29, 0.717) is 19.1 Å². The molecule has 3 rings (SSSR count). The number of pyridine rings is 1. The number of halogens is 9. The molecule has 0 radical (unpaired) electrons. The second-order valence-corrected chi connectivity index (χ2v) is 7.77. The normalized spacial score (nSPS) is 18.8. The van der Waals surface area contributed by atoms with Crippen LogP contribution in [0.15, 0.2) is 42.6 Å². The zero-order valence-electron chi connectivity index (χ0n) is 18.5. The van der Waals surface area contributed by atoms with Crippen LogP contribution >= 0.6 is 0 Å². The molecule has 1 aliphatic heterocycles. The third-order valence-corrected chi connectivity index (χ3v) is 5.34. The zero-order valence-corrected chi connectivity index (χ0v) is 18.5. The van der Waals surface area contributed by atoms with E-state index in [1.807, 2.05) is 0 Å². The van der Waals surface area contributed by atoms with E-state index in [1.165, 1.54) is 17.4 Å². The van der Waals surface area contributed by atoms with Gasteiger partial charge in [-0.2, -0.15) is 39.5 Å². The molecular formula is C21H16F9N3O4. The van der Waals surface area contributed by atoms with Crippen molar-refractivity contribution in [3.05, 3.63) is 59.4 Å². The summed E-state index contributed by atoms with van der Waals surface area (Å²) >= 11 is 0. The van der Waals surface area contributed by atoms with Crippen molar-refractivity contribution in [3.63, 3.8) is 0 Å². The second kappa shape index (κ2) is 9.63. The third kappa shape index (κ3) is 5.67. The van der Waals surface area contributed by atoms with Crippen LogP contribution in [0.3, 0.4) is 0 Å². The van der Waals surface area contributed by atoms with Crippen molar-refractivity contribution in [2.75, 3.05) is 6.61 Å². The molecule has 2 amide bonds. The molecule has 0 fully saturated rings. The van der Waals surface area contributed by atoms with Crippen LogP contribution in [-0.2, 0) is 21.3 Å². The van der Waals surface area contributed by atoms with E-state index in [4.69, 9.17) is 4.74 Å². The highest BCUT2D eigenvalue weighted by Gasteiger charge is 2.55. The first kappa shape index (κ1) is 27.9. The van der Waals surface area contributed by atoms with E-state index < -0.39 is 66.4 Å². The number of nitrogens with zero attached hydrogens (tertiary/aromatic N) is 2. The van der Waals surface area contributed by atoms with Gasteiger partial charge in [0.2, 0.25) is 0 Å². The SMILES string of the molecule is C[C@H](NC(=O)N(OC(=O)C(F)(F)F)[C@]1(c2ccc(C(F)(F)F)cc2)CCOc2cccnc21)C(F)(F)F. The molecule has 0 spiro atoms. The number of urea groups is 1. The summed E-state index contributed by atoms with van der Waals surface area (Å²) in [4.78, 5) is 33.1. The van der Waals surface area contributed by atoms with E-state index in [1.54, 1.807) is 0 Å². The number of hydrogen-bond acceptors (Lipinski definition) is 5. The van der Waals surface area contributed by atoms with Crippen LogP contribution in [0.1, 0.15) is 30.2 Å². The molecule has 2 heterocycles. The molecule has 37 heavy (non-hydrogen) atoms. The summed E-state index contributed by atoms with van der Waals surface area (Å²) in [5, 5.41) is 1.11. The van der Waals surface area contributed by atoms with Gasteiger partial charge < -0.3 is 14.9 Å². The maximum absolute atomic E-state index is 13.1. The summed E-state index contributed by atoms with van der Waals surface area (Å²) in [7, 11) is 0. The Morgan fingerprint density at radius 2 is 1.68 bits per heavy atom. The van der Waals surface area contributed by atoms with Crippen molar-refractivity contribution in [2.45, 2.75) is 43.5 Å². The summed E-state index contributed by atoms with van der Waals surface area (Å²) in [6.07, 6.45) is -15.1. The first-order valence-electron chi connectivity index (χ1n) is 10.2. The Kier molecular flexibility index (Phi) is 7.25. The van der Waals surface area contributed by atoms with Gasteiger partial charge in [0.15, 0.2) is 5.54 Å². The van der Waals surface area contributed by atoms with Gasteiger partial charge in [0.1, 0.15) is 17.5 Å². The Balaban J connectivity index is 2.26. The predicted molar refractivity (Wildman–Crippen MR) is 105 cm³/mol. The quantitative estimate of drug-likeness (QED) is 0.429. The smallest absolute Gasteiger partial charge is 0.491 e. The summed E-state index contributed by atoms with van der Waals surface area (Å²) in [5.41, 5.74) is -4.34. The third-order valence-electron chi connectivity index (χ3n) is 5.34. The van der Waals surface area contributed by atoms with Crippen molar-refractivity contribution in [1.29, 1.82) is 0 Å². The molecule has 2 atom stereocenters. The molecule has 1 N–H and O–H groups in total. The molecule has 0 aliphatic carbocycles. The van der Waals surface area contributed by atoms with Crippen LogP contribution in [-0.4, -0.2) is 47.0 Å². The van der Waals surface area contributed by atoms with Crippen LogP contribution in [0.25, 0.3) is 0 Å². The lowest BCUT2D eigenvalue weighted by Crippen LogP contribution is -2.59. The Bertz CT molecular complexity index is 1150. The van der Waals surface area contributed by atoms with Gasteiger partial charge >= 0.3 is 30.5 Å². The van der Waals surface area contributed by atoms with Crippen LogP contribution in [0.5, 0.6) is 5.75 Å². The molecule has 1 aromatic carbocycles. The highest BCUT2D eigenvalue weighted by molar-refractivity contribution is 5.81. The second-order valence-electron chi connectivity index (χ2n) is 7.77. The Morgan fingerprint density at radius 1 is 1.05 bits per heavy atom. The molecular weight excluding hydrogens is 529 g/mol. The van der Waals surface area contributed by atoms with Gasteiger partial charge in [0.05, 0.1) is 12.2 Å². The Labute approximate surface area is 202 Å². The minimum absolute atomic E-state index is 0.168. The van der Waals surface area contributed by atoms with E-state index >= 15 is 0 Å². The van der Waals surface area contributed by atoms with Crippen LogP contribution < -0.4 is 10.1 Å². The van der Waals surface area contributed by atoms with Gasteiger partial charge in [-0.1, -0.05) is 12.1 Å². The van der Waals surface area contributed by atoms with Gasteiger partial charge in [-0.15, -0.1) is 5.06 Å². The molecule has 1 aliphatic rings. The molecule has 2 aromatic rings. The fourth-order valence-corrected chi connectivity index (χ4v) is 3.53. The number of aromatic nitrogens is 1. The van der Waals surface area contributed by atoms with Crippen LogP contribution in [0.4, 0.5) is 44.3 Å². The molecule has 0 saturated carbocycles. The number of hydrogen-bond donors (Lipinski definition) is 1. The van der Waals surface area contributed by atoms with E-state index in [0.717, 1.165) is 18.3 Å². The Morgan fingerprint density at radius 3 is 2.22 bits per heavy atom. The average molecular weight is 545 g/mol. The highest BCUT2D eigenvalue weighted by atomic mass is 19.4. The number of alkyl halides is 9. The lowest BCUT2D eigenvalue weighted by atomic mass is 9.80. The van der Waals surface area contributed by atoms with Gasteiger partial charge in [-0.25, -0.2) is 9.59 Å². The van der Waals surface area contributed by atoms with Crippen molar-refractivity contribution >= 4 is 12.0 Å². The number of ether oxygens (including phenoxy) is 1. The standard InChI is InChI=1S/C21H16F9N3O4/c1-11(19(22,23)24)32-17(35)33(37-16(34)21(28,29)30)18(8-10-36-14-3-2-9-31-15(14)18)12-4-6-13(7-5-12)20(25,26)27/h2-7,9,11H,8,10H2,1H3,(H,32,35)/t11-,18-/m0/s1. The maximum Gasteiger partial charge on any atom is 0.493 e. The monoisotopic (exact) mass is 545 g/mol. The fraction of sp³-hybridized carbons (Fsp3) is 0.381. The largest absolute Gasteiger partial charge is 0.493 e. The number of nitrogens with one attached hydrogen (secondary N) is 1. The van der Waals surface area contributed by atoms with Crippen molar-refractivity contribution in [3.8, 4) is 5.75 Å². The van der Waals surface area contributed by atoms with E-state index in [-0.39, 0.29) is 16.4 Å². The molecule has 202 valence electrons. The molecule has 0 saturated heterocycles. The number of amides is 2. The predicted octanol–water partition coefficient (Wildman–Crippen LogP) is 5.11. The number of carbonyl (C=O) groups is 2. The summed E-state index contributed by atoms with van der Waals surface area (Å²) in [5.74, 6) is -3.14. The number of fused-ring (bicyclic) bond motifs is 1. The van der Waals surface area contributed by atoms with Gasteiger partial charge in [-0.05, 0) is 36.8 Å². The minimum atomic E-state index is -5.70. The van der Waals surface area contributed by atoms with Gasteiger partial charge in [-0.3, -0.25) is 4.98 Å². The average Bonchev–Trinajstić information content (AvgIpc) is 2.80. The molecule has 1 aromatic heterocycles. The van der Waals surface area contributed by atoms with Crippen LogP contribution in [0, 0.1) is 0 Å². The van der Waals surface area contributed by atoms with Gasteiger partial charge in [0, 0.05) is 12.6 Å². The summed E-state index contributed by atoms with van der Waals surface area (Å²) < 4.78 is 123. The lowest BCUT2D eigenvalue weighted by Gasteiger charge is -2.44. The zero-order chi connectivity index (χ0) is 27.8. The van der Waals surface area contributed by atoms with Crippen molar-refractivity contribution in [1.82, 2.24) is 15.4 Å². The molecule has 0 bridgehead atoms. The number of hydroxylamine groups is 2. The Hall–Kier alpha value is -3.72. The highest BCUT2D eigenvalue weighted by Crippen LogP contribution is 2.46. The molecule has 7 nitrogen and oxygen atoms in total. The first-order chi connectivity index (χ1) is 17.0. The minimum Gasteiger partial charge on any atom is -0.491 e. The summed E-state index contributed by atoms with van der Waals surface area (Å²) in [6.45, 7) is 0.0739. The number of rotatable bonds is 3. The van der Waals surface area contributed by atoms with E-state index in [2.05, 4.69) is 9.82 Å². The van der Waals surface area contributed by atoms with Crippen LogP contribution in [0.2, 0.25) is 0 Å². The lowest BCUT2D eigenvalue weighted by molar-refractivity contribution is -0.244. The summed E-state index contributed by atoms with van der Waals surface area (Å²) in [6, 6.07) is 0.633. The van der Waals surface area contributed by atoms with Crippen molar-refractivity contribution in [2.24, 2.45) is 0 Å². The maximum atomic E-state index is 13.1. The van der Waals surface area contributed by atoms with E-state index in [9.17, 15) is 49.1 Å². The van der Waals surface area contributed by atoms with Gasteiger partial charge in [0.25, 0.3) is 0 Å². The fourth-order valence-electron chi connectivity index (χ4n) is 3.53.